The van der Waals surface area contributed by atoms with E-state index in [0.717, 1.165) is 24.3 Å². The van der Waals surface area contributed by atoms with Crippen LogP contribution in [0.1, 0.15) is 15.9 Å². The van der Waals surface area contributed by atoms with Gasteiger partial charge in [0.1, 0.15) is 5.82 Å². The lowest BCUT2D eigenvalue weighted by molar-refractivity contribution is 0.103. The largest absolute Gasteiger partial charge is 0.289 e. The summed E-state index contributed by atoms with van der Waals surface area (Å²) in [5, 5.41) is -0.191. The number of benzene rings is 2. The molecule has 0 amide bonds. The van der Waals surface area contributed by atoms with Gasteiger partial charge < -0.3 is 0 Å². The molecule has 0 unspecified atom stereocenters. The predicted molar refractivity (Wildman–Crippen MR) is 61.2 cm³/mol. The number of carbonyl (C=O) groups excluding carboxylic acids is 1. The molecule has 2 rings (SSSR count). The van der Waals surface area contributed by atoms with E-state index in [4.69, 9.17) is 11.6 Å². The highest BCUT2D eigenvalue weighted by Gasteiger charge is 2.16. The van der Waals surface area contributed by atoms with Crippen LogP contribution in [0, 0.1) is 17.5 Å². The Bertz CT molecular complexity index is 608. The quantitative estimate of drug-likeness (QED) is 0.596. The maximum atomic E-state index is 13.1. The van der Waals surface area contributed by atoms with E-state index in [9.17, 15) is 18.0 Å². The SMILES string of the molecule is O=C(c1ccc(F)cc1)c1cc(F)c(F)cc1Cl. The standard InChI is InChI=1S/C13H6ClF3O/c14-10-6-12(17)11(16)5-9(10)13(18)7-1-3-8(15)4-2-7/h1-6H. The number of halogens is 4. The Kier molecular flexibility index (Phi) is 3.39. The Hall–Kier alpha value is -1.81. The lowest BCUT2D eigenvalue weighted by Crippen LogP contribution is -2.04. The summed E-state index contributed by atoms with van der Waals surface area (Å²) in [6.07, 6.45) is 0. The third-order valence-electron chi connectivity index (χ3n) is 2.36. The number of hydrogen-bond acceptors (Lipinski definition) is 1. The van der Waals surface area contributed by atoms with E-state index in [1.165, 1.54) is 12.1 Å². The molecule has 0 aromatic heterocycles. The van der Waals surface area contributed by atoms with Crippen molar-refractivity contribution in [1.82, 2.24) is 0 Å². The van der Waals surface area contributed by atoms with E-state index >= 15 is 0 Å². The van der Waals surface area contributed by atoms with Gasteiger partial charge in [0.2, 0.25) is 0 Å². The lowest BCUT2D eigenvalue weighted by atomic mass is 10.0. The second kappa shape index (κ2) is 4.82. The van der Waals surface area contributed by atoms with Gasteiger partial charge in [0.25, 0.3) is 0 Å². The van der Waals surface area contributed by atoms with Crippen LogP contribution in [-0.2, 0) is 0 Å². The van der Waals surface area contributed by atoms with Gasteiger partial charge in [-0.2, -0.15) is 0 Å². The first-order valence-corrected chi connectivity index (χ1v) is 5.31. The molecule has 0 radical (unpaired) electrons. The van der Waals surface area contributed by atoms with Crippen LogP contribution in [0.3, 0.4) is 0 Å². The third kappa shape index (κ3) is 2.38. The summed E-state index contributed by atoms with van der Waals surface area (Å²) in [5.41, 5.74) is -0.0218. The zero-order valence-corrected chi connectivity index (χ0v) is 9.64. The highest BCUT2D eigenvalue weighted by molar-refractivity contribution is 6.35. The highest BCUT2D eigenvalue weighted by Crippen LogP contribution is 2.23. The molecule has 2 aromatic carbocycles. The van der Waals surface area contributed by atoms with Crippen molar-refractivity contribution in [2.45, 2.75) is 0 Å². The first kappa shape index (κ1) is 12.6. The Labute approximate surface area is 106 Å². The van der Waals surface area contributed by atoms with Crippen LogP contribution < -0.4 is 0 Å². The average Bonchev–Trinajstić information content (AvgIpc) is 2.34. The highest BCUT2D eigenvalue weighted by atomic mass is 35.5. The lowest BCUT2D eigenvalue weighted by Gasteiger charge is -2.04. The van der Waals surface area contributed by atoms with Crippen molar-refractivity contribution in [3.8, 4) is 0 Å². The van der Waals surface area contributed by atoms with Gasteiger partial charge in [-0.15, -0.1) is 0 Å². The topological polar surface area (TPSA) is 17.1 Å². The maximum absolute atomic E-state index is 13.1. The number of rotatable bonds is 2. The molecule has 18 heavy (non-hydrogen) atoms. The average molecular weight is 271 g/mol. The third-order valence-corrected chi connectivity index (χ3v) is 2.67. The molecule has 0 aliphatic carbocycles. The van der Waals surface area contributed by atoms with Crippen LogP contribution in [0.15, 0.2) is 36.4 Å². The molecule has 0 atom stereocenters. The molecule has 0 saturated carbocycles. The number of hydrogen-bond donors (Lipinski definition) is 0. The molecular weight excluding hydrogens is 265 g/mol. The van der Waals surface area contributed by atoms with E-state index in [2.05, 4.69) is 0 Å². The fourth-order valence-electron chi connectivity index (χ4n) is 1.45. The smallest absolute Gasteiger partial charge is 0.194 e. The second-order valence-electron chi connectivity index (χ2n) is 3.58. The minimum absolute atomic E-state index is 0.143. The molecule has 0 bridgehead atoms. The van der Waals surface area contributed by atoms with Crippen molar-refractivity contribution < 1.29 is 18.0 Å². The van der Waals surface area contributed by atoms with Gasteiger partial charge in [-0.05, 0) is 36.4 Å². The fourth-order valence-corrected chi connectivity index (χ4v) is 1.69. The van der Waals surface area contributed by atoms with E-state index in [1.807, 2.05) is 0 Å². The van der Waals surface area contributed by atoms with Gasteiger partial charge in [0.05, 0.1) is 5.02 Å². The van der Waals surface area contributed by atoms with Crippen molar-refractivity contribution in [2.24, 2.45) is 0 Å². The molecule has 92 valence electrons. The molecule has 2 aromatic rings. The van der Waals surface area contributed by atoms with Crippen LogP contribution >= 0.6 is 11.6 Å². The fraction of sp³-hybridized carbons (Fsp3) is 0. The van der Waals surface area contributed by atoms with Crippen molar-refractivity contribution in [2.75, 3.05) is 0 Å². The van der Waals surface area contributed by atoms with Gasteiger partial charge in [0, 0.05) is 11.1 Å². The van der Waals surface area contributed by atoms with Crippen LogP contribution in [-0.4, -0.2) is 5.78 Å². The maximum Gasteiger partial charge on any atom is 0.194 e. The normalized spacial score (nSPS) is 10.4. The molecular formula is C13H6ClF3O. The molecule has 0 saturated heterocycles. The molecule has 0 heterocycles. The summed E-state index contributed by atoms with van der Waals surface area (Å²) in [7, 11) is 0. The minimum Gasteiger partial charge on any atom is -0.289 e. The minimum atomic E-state index is -1.16. The van der Waals surface area contributed by atoms with Crippen molar-refractivity contribution >= 4 is 17.4 Å². The van der Waals surface area contributed by atoms with Crippen molar-refractivity contribution in [1.29, 1.82) is 0 Å². The van der Waals surface area contributed by atoms with E-state index < -0.39 is 23.2 Å². The monoisotopic (exact) mass is 270 g/mol. The summed E-state index contributed by atoms with van der Waals surface area (Å²) >= 11 is 5.68. The molecule has 0 spiro atoms. The first-order valence-electron chi connectivity index (χ1n) is 4.94. The number of carbonyl (C=O) groups is 1. The Morgan fingerprint density at radius 2 is 1.50 bits per heavy atom. The summed E-state index contributed by atoms with van der Waals surface area (Å²) in [6.45, 7) is 0. The van der Waals surface area contributed by atoms with Crippen LogP contribution in [0.5, 0.6) is 0 Å². The molecule has 5 heteroatoms. The zero-order valence-electron chi connectivity index (χ0n) is 8.88. The van der Waals surface area contributed by atoms with Crippen molar-refractivity contribution in [3.63, 3.8) is 0 Å². The summed E-state index contributed by atoms with van der Waals surface area (Å²) in [6, 6.07) is 6.14. The Balaban J connectivity index is 2.46. The van der Waals surface area contributed by atoms with Crippen LogP contribution in [0.2, 0.25) is 5.02 Å². The summed E-state index contributed by atoms with van der Waals surface area (Å²) in [5.74, 6) is -3.39. The van der Waals surface area contributed by atoms with Crippen molar-refractivity contribution in [3.05, 3.63) is 70.0 Å². The van der Waals surface area contributed by atoms with E-state index in [-0.39, 0.29) is 16.1 Å². The van der Waals surface area contributed by atoms with Gasteiger partial charge in [-0.3, -0.25) is 4.79 Å². The Morgan fingerprint density at radius 3 is 2.11 bits per heavy atom. The first-order chi connectivity index (χ1) is 8.49. The van der Waals surface area contributed by atoms with E-state index in [1.54, 1.807) is 0 Å². The molecule has 0 aliphatic rings. The molecule has 0 N–H and O–H groups in total. The van der Waals surface area contributed by atoms with Crippen LogP contribution in [0.25, 0.3) is 0 Å². The van der Waals surface area contributed by atoms with Gasteiger partial charge in [-0.25, -0.2) is 13.2 Å². The Morgan fingerprint density at radius 1 is 0.944 bits per heavy atom. The number of ketones is 1. The van der Waals surface area contributed by atoms with Gasteiger partial charge in [0.15, 0.2) is 17.4 Å². The zero-order chi connectivity index (χ0) is 13.3. The molecule has 0 aliphatic heterocycles. The molecule has 0 fully saturated rings. The summed E-state index contributed by atoms with van der Waals surface area (Å²) in [4.78, 5) is 11.9. The molecule has 1 nitrogen and oxygen atoms in total. The van der Waals surface area contributed by atoms with E-state index in [0.29, 0.717) is 0 Å². The summed E-state index contributed by atoms with van der Waals surface area (Å²) < 4.78 is 38.6. The van der Waals surface area contributed by atoms with Gasteiger partial charge in [-0.1, -0.05) is 11.6 Å². The van der Waals surface area contributed by atoms with Crippen LogP contribution in [0.4, 0.5) is 13.2 Å². The second-order valence-corrected chi connectivity index (χ2v) is 3.99. The van der Waals surface area contributed by atoms with Gasteiger partial charge >= 0.3 is 0 Å². The predicted octanol–water partition coefficient (Wildman–Crippen LogP) is 3.99.